The Kier molecular flexibility index (Phi) is 3.40. The zero-order valence-corrected chi connectivity index (χ0v) is 8.17. The minimum absolute atomic E-state index is 0.249. The molecule has 0 saturated carbocycles. The molecule has 0 fully saturated rings. The second-order valence-corrected chi connectivity index (χ2v) is 2.95. The fourth-order valence-corrected chi connectivity index (χ4v) is 1.05. The van der Waals surface area contributed by atoms with E-state index in [1.807, 2.05) is 6.92 Å². The van der Waals surface area contributed by atoms with E-state index in [9.17, 15) is 9.18 Å². The van der Waals surface area contributed by atoms with Crippen LogP contribution < -0.4 is 5.32 Å². The Morgan fingerprint density at radius 2 is 2.21 bits per heavy atom. The van der Waals surface area contributed by atoms with E-state index in [0.717, 1.165) is 5.56 Å². The maximum Gasteiger partial charge on any atom is 0.248 e. The number of halogens is 1. The molecule has 0 aliphatic heterocycles. The topological polar surface area (TPSA) is 29.1 Å². The Hall–Kier alpha value is -1.64. The maximum absolute atomic E-state index is 12.8. The number of nitrogens with one attached hydrogen (secondary N) is 1. The molecule has 0 radical (unpaired) electrons. The number of allylic oxidation sites excluding steroid dienone is 1. The molecule has 0 aromatic heterocycles. The molecular formula is C11H12FNO. The molecule has 0 bridgehead atoms. The van der Waals surface area contributed by atoms with Crippen molar-refractivity contribution in [1.29, 1.82) is 0 Å². The minimum atomic E-state index is -0.355. The lowest BCUT2D eigenvalue weighted by Gasteiger charge is -2.05. The van der Waals surface area contributed by atoms with Gasteiger partial charge in [-0.25, -0.2) is 4.39 Å². The van der Waals surface area contributed by atoms with Gasteiger partial charge in [0.25, 0.3) is 0 Å². The molecule has 0 spiro atoms. The lowest BCUT2D eigenvalue weighted by atomic mass is 10.2. The summed E-state index contributed by atoms with van der Waals surface area (Å²) in [6.07, 6.45) is 3.02. The third-order valence-corrected chi connectivity index (χ3v) is 1.78. The van der Waals surface area contributed by atoms with Gasteiger partial charge in [0.05, 0.1) is 0 Å². The van der Waals surface area contributed by atoms with Crippen molar-refractivity contribution in [2.45, 2.75) is 13.8 Å². The van der Waals surface area contributed by atoms with Crippen LogP contribution in [0, 0.1) is 12.7 Å². The van der Waals surface area contributed by atoms with Gasteiger partial charge in [0.15, 0.2) is 0 Å². The predicted molar refractivity (Wildman–Crippen MR) is 54.6 cm³/mol. The predicted octanol–water partition coefficient (Wildman–Crippen LogP) is 2.65. The zero-order chi connectivity index (χ0) is 10.6. The van der Waals surface area contributed by atoms with E-state index in [1.165, 1.54) is 18.2 Å². The molecule has 3 heteroatoms. The molecule has 0 aliphatic rings. The number of aryl methyl sites for hydroxylation is 1. The van der Waals surface area contributed by atoms with Gasteiger partial charge in [-0.2, -0.15) is 0 Å². The lowest BCUT2D eigenvalue weighted by Crippen LogP contribution is -2.09. The maximum atomic E-state index is 12.8. The zero-order valence-electron chi connectivity index (χ0n) is 8.17. The first kappa shape index (κ1) is 10.4. The van der Waals surface area contributed by atoms with E-state index in [4.69, 9.17) is 0 Å². The fourth-order valence-electron chi connectivity index (χ4n) is 1.05. The quantitative estimate of drug-likeness (QED) is 0.719. The van der Waals surface area contributed by atoms with Crippen LogP contribution >= 0.6 is 0 Å². The molecule has 1 aromatic rings. The second kappa shape index (κ2) is 4.56. The number of anilines is 1. The molecule has 0 unspecified atom stereocenters. The van der Waals surface area contributed by atoms with Crippen molar-refractivity contribution in [2.75, 3.05) is 5.32 Å². The summed E-state index contributed by atoms with van der Waals surface area (Å²) in [5.41, 5.74) is 1.34. The summed E-state index contributed by atoms with van der Waals surface area (Å²) in [5.74, 6) is -0.604. The monoisotopic (exact) mass is 193 g/mol. The Bertz CT molecular complexity index is 372. The van der Waals surface area contributed by atoms with E-state index in [0.29, 0.717) is 5.69 Å². The van der Waals surface area contributed by atoms with Gasteiger partial charge in [-0.05, 0) is 37.6 Å². The number of amides is 1. The summed E-state index contributed by atoms with van der Waals surface area (Å²) in [4.78, 5) is 11.2. The van der Waals surface area contributed by atoms with Crippen LogP contribution in [0.15, 0.2) is 30.4 Å². The van der Waals surface area contributed by atoms with Crippen molar-refractivity contribution in [3.63, 3.8) is 0 Å². The molecule has 0 heterocycles. The van der Waals surface area contributed by atoms with Crippen molar-refractivity contribution < 1.29 is 9.18 Å². The highest BCUT2D eigenvalue weighted by Crippen LogP contribution is 2.15. The number of benzene rings is 1. The van der Waals surface area contributed by atoms with Crippen LogP contribution in [0.1, 0.15) is 12.5 Å². The number of hydrogen-bond donors (Lipinski definition) is 1. The van der Waals surface area contributed by atoms with Gasteiger partial charge in [0, 0.05) is 5.69 Å². The van der Waals surface area contributed by atoms with E-state index >= 15 is 0 Å². The molecular weight excluding hydrogens is 181 g/mol. The third kappa shape index (κ3) is 2.69. The van der Waals surface area contributed by atoms with Crippen LogP contribution in [0.4, 0.5) is 10.1 Å². The molecule has 1 amide bonds. The van der Waals surface area contributed by atoms with E-state index in [-0.39, 0.29) is 11.7 Å². The molecule has 1 rings (SSSR count). The third-order valence-electron chi connectivity index (χ3n) is 1.78. The number of hydrogen-bond acceptors (Lipinski definition) is 1. The lowest BCUT2D eigenvalue weighted by molar-refractivity contribution is -0.111. The summed E-state index contributed by atoms with van der Waals surface area (Å²) in [6.45, 7) is 3.56. The van der Waals surface area contributed by atoms with Gasteiger partial charge < -0.3 is 5.32 Å². The van der Waals surface area contributed by atoms with Crippen LogP contribution in [-0.2, 0) is 4.79 Å². The average molecular weight is 193 g/mol. The van der Waals surface area contributed by atoms with E-state index in [1.54, 1.807) is 19.1 Å². The Labute approximate surface area is 82.4 Å². The summed E-state index contributed by atoms with van der Waals surface area (Å²) in [5, 5.41) is 2.59. The first-order valence-electron chi connectivity index (χ1n) is 4.33. The molecule has 0 saturated heterocycles. The van der Waals surface area contributed by atoms with Gasteiger partial charge in [-0.3, -0.25) is 4.79 Å². The van der Waals surface area contributed by atoms with Crippen molar-refractivity contribution in [2.24, 2.45) is 0 Å². The van der Waals surface area contributed by atoms with Gasteiger partial charge in [0.1, 0.15) is 5.82 Å². The van der Waals surface area contributed by atoms with Crippen LogP contribution in [0.3, 0.4) is 0 Å². The van der Waals surface area contributed by atoms with E-state index in [2.05, 4.69) is 5.32 Å². The fraction of sp³-hybridized carbons (Fsp3) is 0.182. The largest absolute Gasteiger partial charge is 0.322 e. The minimum Gasteiger partial charge on any atom is -0.322 e. The van der Waals surface area contributed by atoms with Gasteiger partial charge >= 0.3 is 0 Å². The highest BCUT2D eigenvalue weighted by Gasteiger charge is 2.02. The van der Waals surface area contributed by atoms with Crippen LogP contribution in [0.25, 0.3) is 0 Å². The summed E-state index contributed by atoms with van der Waals surface area (Å²) in [7, 11) is 0. The number of carbonyl (C=O) groups excluding carboxylic acids is 1. The summed E-state index contributed by atoms with van der Waals surface area (Å²) >= 11 is 0. The van der Waals surface area contributed by atoms with Crippen molar-refractivity contribution in [3.8, 4) is 0 Å². The Balaban J connectivity index is 2.85. The van der Waals surface area contributed by atoms with Crippen molar-refractivity contribution in [3.05, 3.63) is 41.7 Å². The number of carbonyl (C=O) groups is 1. The highest BCUT2D eigenvalue weighted by molar-refractivity contribution is 5.99. The Morgan fingerprint density at radius 1 is 1.50 bits per heavy atom. The molecule has 74 valence electrons. The van der Waals surface area contributed by atoms with Gasteiger partial charge in [0.2, 0.25) is 5.91 Å². The van der Waals surface area contributed by atoms with Crippen LogP contribution in [0.2, 0.25) is 0 Å². The SMILES string of the molecule is CC=CC(=O)Nc1cc(F)ccc1C. The molecule has 0 atom stereocenters. The van der Waals surface area contributed by atoms with Gasteiger partial charge in [-0.15, -0.1) is 0 Å². The molecule has 0 aliphatic carbocycles. The summed E-state index contributed by atoms with van der Waals surface area (Å²) in [6, 6.07) is 4.29. The van der Waals surface area contributed by atoms with Crippen molar-refractivity contribution in [1.82, 2.24) is 0 Å². The second-order valence-electron chi connectivity index (χ2n) is 2.95. The van der Waals surface area contributed by atoms with Crippen molar-refractivity contribution >= 4 is 11.6 Å². The molecule has 2 nitrogen and oxygen atoms in total. The molecule has 1 N–H and O–H groups in total. The first-order valence-corrected chi connectivity index (χ1v) is 4.33. The van der Waals surface area contributed by atoms with Crippen LogP contribution in [0.5, 0.6) is 0 Å². The van der Waals surface area contributed by atoms with E-state index < -0.39 is 0 Å². The normalized spacial score (nSPS) is 10.5. The highest BCUT2D eigenvalue weighted by atomic mass is 19.1. The first-order chi connectivity index (χ1) is 6.63. The summed E-state index contributed by atoms with van der Waals surface area (Å²) < 4.78 is 12.8. The molecule has 14 heavy (non-hydrogen) atoms. The smallest absolute Gasteiger partial charge is 0.248 e. The average Bonchev–Trinajstić information content (AvgIpc) is 2.12. The standard InChI is InChI=1S/C11H12FNO/c1-3-4-11(14)13-10-7-9(12)6-5-8(10)2/h3-7H,1-2H3,(H,13,14). The van der Waals surface area contributed by atoms with Crippen LogP contribution in [-0.4, -0.2) is 5.91 Å². The number of rotatable bonds is 2. The Morgan fingerprint density at radius 3 is 2.86 bits per heavy atom. The molecule has 1 aromatic carbocycles. The van der Waals surface area contributed by atoms with Gasteiger partial charge in [-0.1, -0.05) is 12.1 Å².